The third-order valence-corrected chi connectivity index (χ3v) is 6.05. The Morgan fingerprint density at radius 2 is 2.17 bits per heavy atom. The van der Waals surface area contributed by atoms with Gasteiger partial charge >= 0.3 is 0 Å². The van der Waals surface area contributed by atoms with E-state index >= 15 is 0 Å². The lowest BCUT2D eigenvalue weighted by Crippen LogP contribution is -2.23. The van der Waals surface area contributed by atoms with Gasteiger partial charge in [0.25, 0.3) is 0 Å². The Morgan fingerprint density at radius 1 is 1.25 bits per heavy atom. The number of nitrogens with zero attached hydrogens (tertiary/aromatic N) is 4. The number of halogens is 1. The van der Waals surface area contributed by atoms with Gasteiger partial charge < -0.3 is 5.32 Å². The van der Waals surface area contributed by atoms with Gasteiger partial charge in [0.15, 0.2) is 5.82 Å². The maximum absolute atomic E-state index is 6.49. The van der Waals surface area contributed by atoms with E-state index in [-0.39, 0.29) is 0 Å². The number of aliphatic imine (C=N–C) groups is 1. The predicted molar refractivity (Wildman–Crippen MR) is 95.4 cm³/mol. The smallest absolute Gasteiger partial charge is 0.159 e. The maximum Gasteiger partial charge on any atom is 0.159 e. The summed E-state index contributed by atoms with van der Waals surface area (Å²) in [6.45, 7) is 2.40. The molecule has 2 aliphatic heterocycles. The first-order valence-corrected chi connectivity index (χ1v) is 9.06. The monoisotopic (exact) mass is 355 g/mol. The number of hydrogen-bond donors (Lipinski definition) is 1. The number of benzene rings is 1. The molecule has 7 heteroatoms. The lowest BCUT2D eigenvalue weighted by Gasteiger charge is -2.16. The van der Waals surface area contributed by atoms with Crippen molar-refractivity contribution in [1.29, 1.82) is 0 Å². The van der Waals surface area contributed by atoms with E-state index in [1.54, 1.807) is 17.7 Å². The van der Waals surface area contributed by atoms with Gasteiger partial charge in [-0.2, -0.15) is 0 Å². The molecule has 0 fully saturated rings. The zero-order valence-corrected chi connectivity index (χ0v) is 14.4. The molecule has 24 heavy (non-hydrogen) atoms. The fourth-order valence-electron chi connectivity index (χ4n) is 3.37. The zero-order valence-electron chi connectivity index (χ0n) is 12.8. The quantitative estimate of drug-likeness (QED) is 0.730. The van der Waals surface area contributed by atoms with E-state index in [0.717, 1.165) is 46.6 Å². The van der Waals surface area contributed by atoms with Crippen LogP contribution >= 0.6 is 22.9 Å². The molecule has 0 bridgehead atoms. The van der Waals surface area contributed by atoms with Crippen molar-refractivity contribution >= 4 is 28.6 Å². The molecule has 0 unspecified atom stereocenters. The fourth-order valence-corrected chi connectivity index (χ4v) is 4.91. The summed E-state index contributed by atoms with van der Waals surface area (Å²) < 4.78 is 2.08. The van der Waals surface area contributed by atoms with Gasteiger partial charge in [-0.15, -0.1) is 21.5 Å². The summed E-state index contributed by atoms with van der Waals surface area (Å²) in [5.74, 6) is 0.866. The highest BCUT2D eigenvalue weighted by atomic mass is 35.5. The molecule has 0 aliphatic carbocycles. The summed E-state index contributed by atoms with van der Waals surface area (Å²) in [5.41, 5.74) is 4.54. The zero-order chi connectivity index (χ0) is 16.1. The summed E-state index contributed by atoms with van der Waals surface area (Å²) in [7, 11) is 0. The van der Waals surface area contributed by atoms with Crippen molar-refractivity contribution in [3.05, 3.63) is 63.0 Å². The second-order valence-corrected chi connectivity index (χ2v) is 7.36. The summed E-state index contributed by atoms with van der Waals surface area (Å²) in [5, 5.41) is 13.6. The van der Waals surface area contributed by atoms with Crippen LogP contribution < -0.4 is 5.32 Å². The number of aromatic nitrogens is 3. The van der Waals surface area contributed by atoms with E-state index in [4.69, 9.17) is 16.6 Å². The van der Waals surface area contributed by atoms with Gasteiger partial charge in [-0.1, -0.05) is 29.8 Å². The van der Waals surface area contributed by atoms with Gasteiger partial charge in [0.1, 0.15) is 17.9 Å². The minimum absolute atomic E-state index is 0.509. The SMILES string of the molecule is Clc1ccccc1C1=NCc2nncn2-c2sc3c(c21)CCNC3. The Labute approximate surface area is 148 Å². The number of fused-ring (bicyclic) bond motifs is 5. The Balaban J connectivity index is 1.81. The molecular formula is C17H14ClN5S. The Kier molecular flexibility index (Phi) is 3.29. The molecule has 0 spiro atoms. The Hall–Kier alpha value is -2.02. The first kappa shape index (κ1) is 14.3. The summed E-state index contributed by atoms with van der Waals surface area (Å²) in [4.78, 5) is 6.25. The highest BCUT2D eigenvalue weighted by Gasteiger charge is 2.29. The van der Waals surface area contributed by atoms with Gasteiger partial charge in [-0.3, -0.25) is 9.56 Å². The second-order valence-electron chi connectivity index (χ2n) is 5.87. The molecule has 0 atom stereocenters. The average molecular weight is 356 g/mol. The van der Waals surface area contributed by atoms with Crippen LogP contribution in [-0.4, -0.2) is 27.0 Å². The number of rotatable bonds is 1. The summed E-state index contributed by atoms with van der Waals surface area (Å²) in [6, 6.07) is 7.92. The third-order valence-electron chi connectivity index (χ3n) is 4.49. The second kappa shape index (κ2) is 5.51. The van der Waals surface area contributed by atoms with Crippen molar-refractivity contribution in [1.82, 2.24) is 20.1 Å². The molecule has 0 amide bonds. The van der Waals surface area contributed by atoms with Crippen LogP contribution in [0.3, 0.4) is 0 Å². The van der Waals surface area contributed by atoms with Crippen LogP contribution in [0.15, 0.2) is 35.6 Å². The topological polar surface area (TPSA) is 55.1 Å². The van der Waals surface area contributed by atoms with Crippen LogP contribution in [0.25, 0.3) is 5.00 Å². The van der Waals surface area contributed by atoms with E-state index in [1.807, 2.05) is 24.3 Å². The molecule has 3 aromatic rings. The number of thiophene rings is 1. The first-order valence-electron chi connectivity index (χ1n) is 7.87. The molecule has 1 N–H and O–H groups in total. The molecule has 1 aromatic carbocycles. The van der Waals surface area contributed by atoms with Crippen molar-refractivity contribution < 1.29 is 0 Å². The van der Waals surface area contributed by atoms with E-state index in [9.17, 15) is 0 Å². The molecule has 2 aliphatic rings. The summed E-state index contributed by atoms with van der Waals surface area (Å²) in [6.07, 6.45) is 2.79. The molecule has 4 heterocycles. The molecule has 5 nitrogen and oxygen atoms in total. The highest BCUT2D eigenvalue weighted by molar-refractivity contribution is 7.15. The van der Waals surface area contributed by atoms with Crippen LogP contribution in [0.5, 0.6) is 0 Å². The molecule has 0 radical (unpaired) electrons. The number of hydrogen-bond acceptors (Lipinski definition) is 5. The molecule has 0 saturated heterocycles. The van der Waals surface area contributed by atoms with Crippen molar-refractivity contribution in [2.75, 3.05) is 6.54 Å². The largest absolute Gasteiger partial charge is 0.312 e. The lowest BCUT2D eigenvalue weighted by atomic mass is 9.96. The van der Waals surface area contributed by atoms with Crippen molar-refractivity contribution in [2.45, 2.75) is 19.5 Å². The van der Waals surface area contributed by atoms with Crippen LogP contribution in [0.1, 0.15) is 27.4 Å². The first-order chi connectivity index (χ1) is 11.8. The normalized spacial score (nSPS) is 16.0. The van der Waals surface area contributed by atoms with E-state index in [0.29, 0.717) is 6.54 Å². The van der Waals surface area contributed by atoms with Gasteiger partial charge in [0.2, 0.25) is 0 Å². The molecule has 2 aromatic heterocycles. The van der Waals surface area contributed by atoms with E-state index in [1.165, 1.54) is 16.0 Å². The van der Waals surface area contributed by atoms with Gasteiger partial charge in [-0.25, -0.2) is 0 Å². The maximum atomic E-state index is 6.49. The van der Waals surface area contributed by atoms with Gasteiger partial charge in [-0.05, 0) is 24.6 Å². The fraction of sp³-hybridized carbons (Fsp3) is 0.235. The van der Waals surface area contributed by atoms with Crippen LogP contribution in [0, 0.1) is 0 Å². The third kappa shape index (κ3) is 2.07. The van der Waals surface area contributed by atoms with Crippen molar-refractivity contribution in [3.8, 4) is 5.00 Å². The predicted octanol–water partition coefficient (Wildman–Crippen LogP) is 2.98. The van der Waals surface area contributed by atoms with Crippen LogP contribution in [0.4, 0.5) is 0 Å². The van der Waals surface area contributed by atoms with Crippen molar-refractivity contribution in [2.24, 2.45) is 4.99 Å². The Morgan fingerprint density at radius 3 is 3.08 bits per heavy atom. The average Bonchev–Trinajstić information content (AvgIpc) is 3.18. The molecule has 5 rings (SSSR count). The minimum Gasteiger partial charge on any atom is -0.312 e. The van der Waals surface area contributed by atoms with Gasteiger partial charge in [0, 0.05) is 27.6 Å². The molecule has 120 valence electrons. The highest BCUT2D eigenvalue weighted by Crippen LogP contribution is 2.38. The molecule has 0 saturated carbocycles. The Bertz CT molecular complexity index is 971. The van der Waals surface area contributed by atoms with Crippen molar-refractivity contribution in [3.63, 3.8) is 0 Å². The van der Waals surface area contributed by atoms with E-state index < -0.39 is 0 Å². The standard InChI is InChI=1S/C17H14ClN5S/c18-12-4-2-1-3-10(12)16-15-11-5-6-19-7-13(11)24-17(15)23-9-21-22-14(23)8-20-16/h1-4,9,19H,5-8H2. The van der Waals surface area contributed by atoms with Crippen LogP contribution in [-0.2, 0) is 19.5 Å². The lowest BCUT2D eigenvalue weighted by molar-refractivity contribution is 0.654. The minimum atomic E-state index is 0.509. The molecular weight excluding hydrogens is 342 g/mol. The number of nitrogens with one attached hydrogen (secondary N) is 1. The summed E-state index contributed by atoms with van der Waals surface area (Å²) >= 11 is 8.29. The van der Waals surface area contributed by atoms with Crippen LogP contribution in [0.2, 0.25) is 5.02 Å². The van der Waals surface area contributed by atoms with Gasteiger partial charge in [0.05, 0.1) is 5.71 Å². The van der Waals surface area contributed by atoms with E-state index in [2.05, 4.69) is 20.1 Å².